The maximum Gasteiger partial charge on any atom is 0.310 e. The monoisotopic (exact) mass is 716 g/mol. The number of hydrogen-bond acceptors (Lipinski definition) is 6. The fraction of sp³-hybridized carbons (Fsp3) is 0.487. The molecule has 2 nitrogen and oxygen atoms in total. The molecule has 0 unspecified atom stereocenters. The lowest BCUT2D eigenvalue weighted by Crippen LogP contribution is -1.84. The Hall–Kier alpha value is -1.90. The van der Waals surface area contributed by atoms with Gasteiger partial charge in [0.2, 0.25) is 0 Å². The molecule has 0 aliphatic carbocycles. The SMILES string of the molecule is CC(C)c1ccc([N+](C)=O)s1.CC(C)c1cccs1.Cc1ccc(C(C)C)s1.Cc1ccsc1C(C)C.Cc1csc(C(C)C)c1. The van der Waals surface area contributed by atoms with Crippen LogP contribution in [0.25, 0.3) is 0 Å². The molecule has 0 saturated heterocycles. The number of hydrogen-bond donors (Lipinski definition) is 0. The molecule has 5 aromatic heterocycles. The van der Waals surface area contributed by atoms with Gasteiger partial charge in [-0.1, -0.05) is 86.6 Å². The zero-order valence-corrected chi connectivity index (χ0v) is 34.7. The van der Waals surface area contributed by atoms with E-state index in [9.17, 15) is 4.91 Å². The molecule has 5 heterocycles. The van der Waals surface area contributed by atoms with E-state index in [1.807, 2.05) is 57.5 Å². The van der Waals surface area contributed by atoms with Crippen molar-refractivity contribution < 1.29 is 4.76 Å². The molecule has 0 N–H and O–H groups in total. The molecular weight excluding hydrogens is 659 g/mol. The predicted octanol–water partition coefficient (Wildman–Crippen LogP) is 15.3. The molecule has 46 heavy (non-hydrogen) atoms. The molecule has 0 radical (unpaired) electrons. The van der Waals surface area contributed by atoms with Crippen LogP contribution < -0.4 is 0 Å². The Kier molecular flexibility index (Phi) is 20.0. The minimum atomic E-state index is 0.522. The predicted molar refractivity (Wildman–Crippen MR) is 215 cm³/mol. The van der Waals surface area contributed by atoms with Gasteiger partial charge in [-0.05, 0) is 114 Å². The second kappa shape index (κ2) is 21.9. The molecule has 0 amide bonds. The smallest absolute Gasteiger partial charge is 0.149 e. The Balaban J connectivity index is 0.000000289. The maximum absolute atomic E-state index is 10.8. The van der Waals surface area contributed by atoms with Crippen molar-refractivity contribution in [2.45, 2.75) is 120 Å². The van der Waals surface area contributed by atoms with Crippen molar-refractivity contribution in [3.8, 4) is 0 Å². The zero-order chi connectivity index (χ0) is 35.0. The second-order valence-electron chi connectivity index (χ2n) is 12.9. The molecule has 7 heteroatoms. The molecule has 0 bridgehead atoms. The van der Waals surface area contributed by atoms with Crippen LogP contribution in [0.2, 0.25) is 0 Å². The molecule has 0 fully saturated rings. The van der Waals surface area contributed by atoms with Crippen LogP contribution in [0.3, 0.4) is 0 Å². The van der Waals surface area contributed by atoms with Gasteiger partial charge < -0.3 is 0 Å². The van der Waals surface area contributed by atoms with Gasteiger partial charge in [-0.3, -0.25) is 0 Å². The number of aryl methyl sites for hydroxylation is 3. The van der Waals surface area contributed by atoms with E-state index in [1.54, 1.807) is 11.3 Å². The first-order valence-corrected chi connectivity index (χ1v) is 20.5. The third-order valence-corrected chi connectivity index (χ3v) is 13.3. The Bertz CT molecular complexity index is 1450. The van der Waals surface area contributed by atoms with Gasteiger partial charge in [0, 0.05) is 45.0 Å². The van der Waals surface area contributed by atoms with E-state index in [2.05, 4.69) is 143 Å². The van der Waals surface area contributed by atoms with E-state index in [-0.39, 0.29) is 0 Å². The molecular formula is C39H58NOS5+. The van der Waals surface area contributed by atoms with Crippen LogP contribution in [0.1, 0.15) is 139 Å². The van der Waals surface area contributed by atoms with Crippen molar-refractivity contribution >= 4 is 61.7 Å². The summed E-state index contributed by atoms with van der Waals surface area (Å²) in [5, 5.41) is 7.27. The molecule has 0 aliphatic heterocycles. The summed E-state index contributed by atoms with van der Waals surface area (Å²) in [5.74, 6) is 3.32. The quantitative estimate of drug-likeness (QED) is 0.160. The summed E-state index contributed by atoms with van der Waals surface area (Å²) in [6.07, 6.45) is 0. The van der Waals surface area contributed by atoms with E-state index >= 15 is 0 Å². The summed E-state index contributed by atoms with van der Waals surface area (Å²) < 4.78 is 0.899. The van der Waals surface area contributed by atoms with Crippen LogP contribution in [0.5, 0.6) is 0 Å². The standard InChI is InChI=1S/C8H12NOS.3C8H12S.C7H10S/c1-6(2)7-4-5-8(11-7)9(3)10;1-6(2)8-4-7(3)5-9-8;1-6(2)8-7(3)4-5-9-8;1-6(2)8-5-4-7(3)9-8;1-6(2)7-4-3-5-8-7/h4-6H,1-3H3;3*4-6H,1-3H3;3-6H,1-2H3/q+1;;;;. The van der Waals surface area contributed by atoms with Gasteiger partial charge in [0.15, 0.2) is 7.05 Å². The van der Waals surface area contributed by atoms with Crippen molar-refractivity contribution in [3.63, 3.8) is 0 Å². The zero-order valence-electron chi connectivity index (χ0n) is 30.6. The van der Waals surface area contributed by atoms with Crippen LogP contribution >= 0.6 is 56.7 Å². The molecule has 0 spiro atoms. The van der Waals surface area contributed by atoms with Crippen molar-refractivity contribution in [2.24, 2.45) is 0 Å². The lowest BCUT2D eigenvalue weighted by atomic mass is 10.1. The first-order valence-electron chi connectivity index (χ1n) is 16.2. The van der Waals surface area contributed by atoms with Gasteiger partial charge in [0.05, 0.1) is 0 Å². The van der Waals surface area contributed by atoms with Crippen LogP contribution in [-0.2, 0) is 0 Å². The van der Waals surface area contributed by atoms with Gasteiger partial charge in [-0.15, -0.1) is 45.3 Å². The first kappa shape index (κ1) is 42.1. The summed E-state index contributed by atoms with van der Waals surface area (Å²) in [6.45, 7) is 28.5. The van der Waals surface area contributed by atoms with E-state index in [1.165, 1.54) is 47.4 Å². The van der Waals surface area contributed by atoms with Gasteiger partial charge >= 0.3 is 5.00 Å². The fourth-order valence-electron chi connectivity index (χ4n) is 3.94. The lowest BCUT2D eigenvalue weighted by molar-refractivity contribution is -0.423. The molecule has 0 aromatic carbocycles. The Morgan fingerprint density at radius 3 is 1.37 bits per heavy atom. The number of nitrogens with zero attached hydrogens (tertiary/aromatic N) is 1. The van der Waals surface area contributed by atoms with Crippen LogP contribution in [0.15, 0.2) is 64.7 Å². The van der Waals surface area contributed by atoms with Gasteiger partial charge in [0.25, 0.3) is 0 Å². The fourth-order valence-corrected chi connectivity index (χ4v) is 8.30. The summed E-state index contributed by atoms with van der Waals surface area (Å²) in [7, 11) is 1.52. The van der Waals surface area contributed by atoms with Crippen LogP contribution in [-0.4, -0.2) is 11.8 Å². The molecule has 5 rings (SSSR count). The van der Waals surface area contributed by atoms with Crippen LogP contribution in [0.4, 0.5) is 5.00 Å². The largest absolute Gasteiger partial charge is 0.310 e. The highest BCUT2D eigenvalue weighted by molar-refractivity contribution is 7.15. The Labute approximate surface area is 301 Å². The van der Waals surface area contributed by atoms with Gasteiger partial charge in [0.1, 0.15) is 0 Å². The maximum atomic E-state index is 10.8. The third kappa shape index (κ3) is 16.3. The molecule has 254 valence electrons. The molecule has 0 atom stereocenters. The highest BCUT2D eigenvalue weighted by Crippen LogP contribution is 2.29. The highest BCUT2D eigenvalue weighted by atomic mass is 32.1. The van der Waals surface area contributed by atoms with Crippen LogP contribution in [0, 0.1) is 25.7 Å². The topological polar surface area (TPSA) is 20.1 Å². The van der Waals surface area contributed by atoms with E-state index in [0.29, 0.717) is 29.6 Å². The average Bonchev–Trinajstić information content (AvgIpc) is 3.81. The number of thiophene rings is 5. The summed E-state index contributed by atoms with van der Waals surface area (Å²) >= 11 is 9.00. The Morgan fingerprint density at radius 1 is 0.565 bits per heavy atom. The second-order valence-corrected chi connectivity index (χ2v) is 18.2. The normalized spacial score (nSPS) is 10.6. The number of nitroso groups, excluding NO2 is 1. The molecule has 0 saturated carbocycles. The van der Waals surface area contributed by atoms with E-state index < -0.39 is 0 Å². The van der Waals surface area contributed by atoms with Crippen molar-refractivity contribution in [2.75, 3.05) is 7.05 Å². The van der Waals surface area contributed by atoms with Crippen molar-refractivity contribution in [3.05, 3.63) is 110 Å². The summed E-state index contributed by atoms with van der Waals surface area (Å²) in [4.78, 5) is 19.5. The first-order chi connectivity index (χ1) is 21.5. The van der Waals surface area contributed by atoms with Crippen molar-refractivity contribution in [1.29, 1.82) is 0 Å². The van der Waals surface area contributed by atoms with Gasteiger partial charge in [-0.2, -0.15) is 0 Å². The van der Waals surface area contributed by atoms with Crippen molar-refractivity contribution in [1.82, 2.24) is 0 Å². The van der Waals surface area contributed by atoms with E-state index in [4.69, 9.17) is 0 Å². The highest BCUT2D eigenvalue weighted by Gasteiger charge is 2.12. The van der Waals surface area contributed by atoms with Gasteiger partial charge in [-0.25, -0.2) is 0 Å². The molecule has 0 aliphatic rings. The summed E-state index contributed by atoms with van der Waals surface area (Å²) in [5.41, 5.74) is 2.83. The average molecular weight is 717 g/mol. The minimum absolute atomic E-state index is 0.522. The number of rotatable bonds is 6. The molecule has 5 aromatic rings. The minimum Gasteiger partial charge on any atom is -0.149 e. The third-order valence-electron chi connectivity index (χ3n) is 6.68. The van der Waals surface area contributed by atoms with E-state index in [0.717, 1.165) is 9.76 Å². The summed E-state index contributed by atoms with van der Waals surface area (Å²) in [6, 6.07) is 17.0. The Morgan fingerprint density at radius 2 is 1.13 bits per heavy atom. The lowest BCUT2D eigenvalue weighted by Gasteiger charge is -2.00.